The van der Waals surface area contributed by atoms with Gasteiger partial charge in [0.15, 0.2) is 5.69 Å². The van der Waals surface area contributed by atoms with Gasteiger partial charge in [-0.3, -0.25) is 9.48 Å². The number of rotatable bonds is 6. The Labute approximate surface area is 185 Å². The minimum Gasteiger partial charge on any atom is -0.333 e. The molecule has 4 aromatic rings. The summed E-state index contributed by atoms with van der Waals surface area (Å²) in [5.41, 5.74) is 4.53. The normalized spacial score (nSPS) is 13.5. The Morgan fingerprint density at radius 1 is 1.13 bits per heavy atom. The summed E-state index contributed by atoms with van der Waals surface area (Å²) < 4.78 is 3.78. The SMILES string of the molecule is O=C(c1nc2ccc(Cl)cn2c1CNCCn1cccn1)N1CCc2ccccc2C1. The van der Waals surface area contributed by atoms with Crippen molar-refractivity contribution in [2.45, 2.75) is 26.1 Å². The Morgan fingerprint density at radius 3 is 2.84 bits per heavy atom. The molecule has 0 atom stereocenters. The third kappa shape index (κ3) is 4.06. The summed E-state index contributed by atoms with van der Waals surface area (Å²) in [5, 5.41) is 8.24. The van der Waals surface area contributed by atoms with E-state index in [1.165, 1.54) is 11.1 Å². The van der Waals surface area contributed by atoms with E-state index in [2.05, 4.69) is 33.6 Å². The summed E-state index contributed by atoms with van der Waals surface area (Å²) in [6, 6.07) is 13.8. The van der Waals surface area contributed by atoms with Crippen LogP contribution in [-0.2, 0) is 26.1 Å². The van der Waals surface area contributed by atoms with Crippen LogP contribution >= 0.6 is 11.6 Å². The topological polar surface area (TPSA) is 67.5 Å². The van der Waals surface area contributed by atoms with Crippen LogP contribution in [0, 0.1) is 0 Å². The van der Waals surface area contributed by atoms with Crippen molar-refractivity contribution >= 4 is 23.2 Å². The third-order valence-corrected chi connectivity index (χ3v) is 5.89. The van der Waals surface area contributed by atoms with Crippen LogP contribution in [0.25, 0.3) is 5.65 Å². The molecule has 5 rings (SSSR count). The lowest BCUT2D eigenvalue weighted by Gasteiger charge is -2.28. The van der Waals surface area contributed by atoms with Gasteiger partial charge in [0.05, 0.1) is 17.3 Å². The van der Waals surface area contributed by atoms with Crippen LogP contribution in [0.3, 0.4) is 0 Å². The van der Waals surface area contributed by atoms with Crippen LogP contribution in [0.5, 0.6) is 0 Å². The molecule has 0 aliphatic carbocycles. The summed E-state index contributed by atoms with van der Waals surface area (Å²) in [5.74, 6) is -0.0433. The lowest BCUT2D eigenvalue weighted by Crippen LogP contribution is -2.37. The lowest BCUT2D eigenvalue weighted by molar-refractivity contribution is 0.0728. The maximum atomic E-state index is 13.5. The van der Waals surface area contributed by atoms with Crippen LogP contribution < -0.4 is 5.32 Å². The van der Waals surface area contributed by atoms with Crippen LogP contribution in [0.15, 0.2) is 61.1 Å². The zero-order valence-electron chi connectivity index (χ0n) is 17.0. The Kier molecular flexibility index (Phi) is 5.44. The smallest absolute Gasteiger partial charge is 0.274 e. The fraction of sp³-hybridized carbons (Fsp3) is 0.261. The highest BCUT2D eigenvalue weighted by atomic mass is 35.5. The molecule has 1 aromatic carbocycles. The number of imidazole rings is 1. The van der Waals surface area contributed by atoms with E-state index in [1.807, 2.05) is 44.6 Å². The third-order valence-electron chi connectivity index (χ3n) is 5.67. The summed E-state index contributed by atoms with van der Waals surface area (Å²) >= 11 is 6.24. The molecule has 1 amide bonds. The molecule has 0 unspecified atom stereocenters. The van der Waals surface area contributed by atoms with Gasteiger partial charge in [-0.1, -0.05) is 35.9 Å². The van der Waals surface area contributed by atoms with Crippen molar-refractivity contribution in [2.24, 2.45) is 0 Å². The number of nitrogens with zero attached hydrogens (tertiary/aromatic N) is 5. The van der Waals surface area contributed by atoms with Gasteiger partial charge in [0.2, 0.25) is 0 Å². The van der Waals surface area contributed by atoms with E-state index in [-0.39, 0.29) is 5.91 Å². The molecular weight excluding hydrogens is 412 g/mol. The van der Waals surface area contributed by atoms with Gasteiger partial charge in [-0.25, -0.2) is 4.98 Å². The molecule has 0 fully saturated rings. The van der Waals surface area contributed by atoms with Crippen molar-refractivity contribution in [1.82, 2.24) is 29.4 Å². The predicted molar refractivity (Wildman–Crippen MR) is 119 cm³/mol. The lowest BCUT2D eigenvalue weighted by atomic mass is 9.99. The summed E-state index contributed by atoms with van der Waals surface area (Å²) in [4.78, 5) is 20.0. The van der Waals surface area contributed by atoms with E-state index in [4.69, 9.17) is 11.6 Å². The number of nitrogens with one attached hydrogen (secondary N) is 1. The monoisotopic (exact) mass is 434 g/mol. The second kappa shape index (κ2) is 8.53. The van der Waals surface area contributed by atoms with Crippen LogP contribution in [0.4, 0.5) is 0 Å². The van der Waals surface area contributed by atoms with Crippen molar-refractivity contribution in [1.29, 1.82) is 0 Å². The predicted octanol–water partition coefficient (Wildman–Crippen LogP) is 3.17. The maximum absolute atomic E-state index is 13.5. The molecule has 3 aromatic heterocycles. The quantitative estimate of drug-likeness (QED) is 0.473. The van der Waals surface area contributed by atoms with Crippen molar-refractivity contribution < 1.29 is 4.79 Å². The van der Waals surface area contributed by atoms with E-state index >= 15 is 0 Å². The first-order chi connectivity index (χ1) is 15.2. The molecule has 0 saturated carbocycles. The number of carbonyl (C=O) groups excluding carboxylic acids is 1. The Morgan fingerprint density at radius 2 is 2.00 bits per heavy atom. The maximum Gasteiger partial charge on any atom is 0.274 e. The first kappa shape index (κ1) is 19.8. The highest BCUT2D eigenvalue weighted by Crippen LogP contribution is 2.23. The Balaban J connectivity index is 1.39. The number of halogens is 1. The average molecular weight is 435 g/mol. The van der Waals surface area contributed by atoms with Crippen molar-refractivity contribution in [3.63, 3.8) is 0 Å². The van der Waals surface area contributed by atoms with Gasteiger partial charge in [0.1, 0.15) is 5.65 Å². The second-order valence-corrected chi connectivity index (χ2v) is 8.11. The van der Waals surface area contributed by atoms with Gasteiger partial charge < -0.3 is 14.6 Å². The molecule has 1 N–H and O–H groups in total. The molecular formula is C23H23ClN6O. The molecule has 8 heteroatoms. The van der Waals surface area contributed by atoms with E-state index < -0.39 is 0 Å². The van der Waals surface area contributed by atoms with Crippen LogP contribution in [-0.4, -0.2) is 43.1 Å². The molecule has 1 aliphatic rings. The Hall–Kier alpha value is -3.16. The highest BCUT2D eigenvalue weighted by molar-refractivity contribution is 6.30. The zero-order chi connectivity index (χ0) is 21.2. The fourth-order valence-corrected chi connectivity index (χ4v) is 4.22. The zero-order valence-corrected chi connectivity index (χ0v) is 17.8. The summed E-state index contributed by atoms with van der Waals surface area (Å²) in [6.45, 7) is 3.28. The standard InChI is InChI=1S/C23H23ClN6O/c24-19-6-7-21-27-22(23(31)28-12-8-17-4-1-2-5-18(17)15-28)20(30(21)16-19)14-25-10-13-29-11-3-9-26-29/h1-7,9,11,16,25H,8,10,12-15H2. The number of fused-ring (bicyclic) bond motifs is 2. The van der Waals surface area contributed by atoms with E-state index in [0.29, 0.717) is 36.0 Å². The van der Waals surface area contributed by atoms with Crippen molar-refractivity contribution in [3.05, 3.63) is 88.6 Å². The summed E-state index contributed by atoms with van der Waals surface area (Å²) in [7, 11) is 0. The number of hydrogen-bond acceptors (Lipinski definition) is 4. The molecule has 1 aliphatic heterocycles. The van der Waals surface area contributed by atoms with Crippen molar-refractivity contribution in [3.8, 4) is 0 Å². The second-order valence-electron chi connectivity index (χ2n) is 7.67. The highest BCUT2D eigenvalue weighted by Gasteiger charge is 2.26. The van der Waals surface area contributed by atoms with Crippen molar-refractivity contribution in [2.75, 3.05) is 13.1 Å². The minimum absolute atomic E-state index is 0.0433. The average Bonchev–Trinajstić information content (AvgIpc) is 3.44. The number of pyridine rings is 1. The number of hydrogen-bond donors (Lipinski definition) is 1. The molecule has 31 heavy (non-hydrogen) atoms. The number of benzene rings is 1. The van der Waals surface area contributed by atoms with Gasteiger partial charge in [-0.2, -0.15) is 5.10 Å². The molecule has 4 heterocycles. The van der Waals surface area contributed by atoms with Gasteiger partial charge in [-0.15, -0.1) is 0 Å². The minimum atomic E-state index is -0.0433. The van der Waals surface area contributed by atoms with Crippen LogP contribution in [0.1, 0.15) is 27.3 Å². The van der Waals surface area contributed by atoms with Gasteiger partial charge in [-0.05, 0) is 35.7 Å². The molecule has 0 spiro atoms. The molecule has 0 bridgehead atoms. The first-order valence-corrected chi connectivity index (χ1v) is 10.8. The molecule has 7 nitrogen and oxygen atoms in total. The largest absolute Gasteiger partial charge is 0.333 e. The molecule has 0 radical (unpaired) electrons. The molecule has 158 valence electrons. The van der Waals surface area contributed by atoms with Crippen LogP contribution in [0.2, 0.25) is 5.02 Å². The van der Waals surface area contributed by atoms with Gasteiger partial charge in [0, 0.05) is 44.8 Å². The summed E-state index contributed by atoms with van der Waals surface area (Å²) in [6.07, 6.45) is 6.37. The number of aromatic nitrogens is 4. The first-order valence-electron chi connectivity index (χ1n) is 10.4. The van der Waals surface area contributed by atoms with E-state index in [1.54, 1.807) is 12.3 Å². The van der Waals surface area contributed by atoms with Gasteiger partial charge in [0.25, 0.3) is 5.91 Å². The van der Waals surface area contributed by atoms with Gasteiger partial charge >= 0.3 is 0 Å². The molecule has 0 saturated heterocycles. The van der Waals surface area contributed by atoms with E-state index in [9.17, 15) is 4.79 Å². The van der Waals surface area contributed by atoms with E-state index in [0.717, 1.165) is 25.2 Å². The number of carbonyl (C=O) groups is 1. The number of amides is 1. The fourth-order valence-electron chi connectivity index (χ4n) is 4.06. The Bertz CT molecular complexity index is 1220.